The number of hydrogen-bond acceptors (Lipinski definition) is 1. The molecule has 1 aromatic rings. The van der Waals surface area contributed by atoms with Crippen molar-refractivity contribution in [3.05, 3.63) is 34.8 Å². The van der Waals surface area contributed by atoms with Crippen LogP contribution in [-0.4, -0.2) is 11.0 Å². The molecule has 1 aromatic carbocycles. The molecule has 0 atom stereocenters. The van der Waals surface area contributed by atoms with E-state index in [1.807, 2.05) is 0 Å². The molecule has 0 unspecified atom stereocenters. The first-order valence-electron chi connectivity index (χ1n) is 3.37. The van der Waals surface area contributed by atoms with E-state index in [4.69, 9.17) is 11.6 Å². The van der Waals surface area contributed by atoms with Gasteiger partial charge in [0.2, 0.25) is 0 Å². The molecule has 0 saturated carbocycles. The highest BCUT2D eigenvalue weighted by atomic mass is 79.9. The minimum atomic E-state index is 0.212. The van der Waals surface area contributed by atoms with Crippen LogP contribution in [0, 0.1) is 0 Å². The van der Waals surface area contributed by atoms with Gasteiger partial charge in [0, 0.05) is 15.9 Å². The fraction of sp³-hybridized carbons (Fsp3) is 0.111. The van der Waals surface area contributed by atoms with E-state index in [2.05, 4.69) is 22.5 Å². The lowest BCUT2D eigenvalue weighted by atomic mass is 10.1. The van der Waals surface area contributed by atoms with Crippen LogP contribution in [0.4, 0.5) is 0 Å². The van der Waals surface area contributed by atoms with E-state index in [1.54, 1.807) is 18.2 Å². The first-order chi connectivity index (χ1) is 5.65. The van der Waals surface area contributed by atoms with Crippen molar-refractivity contribution in [2.45, 2.75) is 0 Å². The Balaban J connectivity index is 3.13. The highest BCUT2D eigenvalue weighted by molar-refractivity contribution is 9.10. The van der Waals surface area contributed by atoms with Gasteiger partial charge in [0.1, 0.15) is 5.75 Å². The zero-order chi connectivity index (χ0) is 9.14. The van der Waals surface area contributed by atoms with Gasteiger partial charge in [-0.05, 0) is 23.8 Å². The third kappa shape index (κ3) is 2.02. The van der Waals surface area contributed by atoms with Crippen LogP contribution in [0.15, 0.2) is 29.3 Å². The molecule has 0 bridgehead atoms. The Kier molecular flexibility index (Phi) is 3.18. The van der Waals surface area contributed by atoms with Crippen LogP contribution >= 0.6 is 27.5 Å². The first-order valence-corrected chi connectivity index (χ1v) is 4.70. The van der Waals surface area contributed by atoms with Crippen LogP contribution < -0.4 is 0 Å². The number of alkyl halides is 1. The molecule has 0 heterocycles. The van der Waals surface area contributed by atoms with Crippen LogP contribution in [-0.2, 0) is 0 Å². The number of benzene rings is 1. The number of allylic oxidation sites excluding steroid dienone is 1. The Morgan fingerprint density at radius 3 is 2.83 bits per heavy atom. The molecular weight excluding hydrogens is 239 g/mol. The quantitative estimate of drug-likeness (QED) is 0.794. The van der Waals surface area contributed by atoms with Gasteiger partial charge in [-0.2, -0.15) is 0 Å². The van der Waals surface area contributed by atoms with Crippen molar-refractivity contribution in [1.82, 2.24) is 0 Å². The van der Waals surface area contributed by atoms with E-state index in [9.17, 15) is 5.11 Å². The standard InChI is InChI=1S/C9H8BrClO/c1-6(5-11)8-4-7(10)2-3-9(8)12/h2-4,12H,1,5H2. The van der Waals surface area contributed by atoms with Crippen LogP contribution in [0.1, 0.15) is 5.56 Å². The molecule has 1 rings (SSSR count). The van der Waals surface area contributed by atoms with Crippen LogP contribution in [0.25, 0.3) is 5.57 Å². The van der Waals surface area contributed by atoms with Gasteiger partial charge in [-0.3, -0.25) is 0 Å². The summed E-state index contributed by atoms with van der Waals surface area (Å²) < 4.78 is 0.904. The lowest BCUT2D eigenvalue weighted by molar-refractivity contribution is 0.473. The SMILES string of the molecule is C=C(CCl)c1cc(Br)ccc1O. The summed E-state index contributed by atoms with van der Waals surface area (Å²) in [5.74, 6) is 0.535. The second-order valence-corrected chi connectivity index (χ2v) is 3.58. The van der Waals surface area contributed by atoms with Crippen molar-refractivity contribution in [2.24, 2.45) is 0 Å². The molecule has 0 spiro atoms. The zero-order valence-electron chi connectivity index (χ0n) is 6.35. The maximum Gasteiger partial charge on any atom is 0.123 e. The van der Waals surface area contributed by atoms with E-state index in [1.165, 1.54) is 0 Å². The average Bonchev–Trinajstić information content (AvgIpc) is 2.08. The van der Waals surface area contributed by atoms with Crippen molar-refractivity contribution >= 4 is 33.1 Å². The topological polar surface area (TPSA) is 20.2 Å². The highest BCUT2D eigenvalue weighted by Gasteiger charge is 2.04. The third-order valence-electron chi connectivity index (χ3n) is 1.50. The summed E-state index contributed by atoms with van der Waals surface area (Å²) in [6, 6.07) is 5.16. The lowest BCUT2D eigenvalue weighted by Crippen LogP contribution is -1.84. The van der Waals surface area contributed by atoms with E-state index in [0.29, 0.717) is 11.4 Å². The minimum absolute atomic E-state index is 0.212. The molecular formula is C9H8BrClO. The molecule has 0 aliphatic heterocycles. The van der Waals surface area contributed by atoms with E-state index < -0.39 is 0 Å². The highest BCUT2D eigenvalue weighted by Crippen LogP contribution is 2.27. The number of aromatic hydroxyl groups is 1. The lowest BCUT2D eigenvalue weighted by Gasteiger charge is -2.04. The molecule has 0 aliphatic rings. The summed E-state index contributed by atoms with van der Waals surface area (Å²) in [4.78, 5) is 0. The molecule has 0 aliphatic carbocycles. The van der Waals surface area contributed by atoms with Crippen LogP contribution in [0.5, 0.6) is 5.75 Å². The van der Waals surface area contributed by atoms with Gasteiger partial charge in [0.15, 0.2) is 0 Å². The number of phenolic OH excluding ortho intramolecular Hbond substituents is 1. The Morgan fingerprint density at radius 1 is 1.58 bits per heavy atom. The second kappa shape index (κ2) is 3.97. The molecule has 64 valence electrons. The van der Waals surface area contributed by atoms with Gasteiger partial charge in [0.05, 0.1) is 0 Å². The molecule has 0 aromatic heterocycles. The predicted molar refractivity (Wildman–Crippen MR) is 55.6 cm³/mol. The van der Waals surface area contributed by atoms with Gasteiger partial charge in [-0.15, -0.1) is 11.6 Å². The Bertz CT molecular complexity index is 309. The number of rotatable bonds is 2. The summed E-state index contributed by atoms with van der Waals surface area (Å²) in [6.07, 6.45) is 0. The van der Waals surface area contributed by atoms with Crippen molar-refractivity contribution < 1.29 is 5.11 Å². The molecule has 1 N–H and O–H groups in total. The summed E-state index contributed by atoms with van der Waals surface area (Å²) in [7, 11) is 0. The summed E-state index contributed by atoms with van der Waals surface area (Å²) >= 11 is 8.88. The molecule has 0 saturated heterocycles. The minimum Gasteiger partial charge on any atom is -0.507 e. The molecule has 0 fully saturated rings. The summed E-state index contributed by atoms with van der Waals surface area (Å²) in [5, 5.41) is 9.40. The molecule has 1 nitrogen and oxygen atoms in total. The second-order valence-electron chi connectivity index (χ2n) is 2.40. The number of hydrogen-bond donors (Lipinski definition) is 1. The zero-order valence-corrected chi connectivity index (χ0v) is 8.69. The number of phenols is 1. The molecule has 3 heteroatoms. The third-order valence-corrected chi connectivity index (χ3v) is 2.32. The predicted octanol–water partition coefficient (Wildman–Crippen LogP) is 3.41. The van der Waals surface area contributed by atoms with Gasteiger partial charge in [-0.1, -0.05) is 22.5 Å². The average molecular weight is 248 g/mol. The van der Waals surface area contributed by atoms with Gasteiger partial charge in [-0.25, -0.2) is 0 Å². The molecule has 12 heavy (non-hydrogen) atoms. The fourth-order valence-corrected chi connectivity index (χ4v) is 1.37. The van der Waals surface area contributed by atoms with Crippen molar-refractivity contribution in [1.29, 1.82) is 0 Å². The maximum absolute atomic E-state index is 9.40. The van der Waals surface area contributed by atoms with Gasteiger partial charge >= 0.3 is 0 Å². The number of halogens is 2. The van der Waals surface area contributed by atoms with E-state index in [0.717, 1.165) is 10.0 Å². The van der Waals surface area contributed by atoms with Crippen LogP contribution in [0.3, 0.4) is 0 Å². The van der Waals surface area contributed by atoms with Crippen LogP contribution in [0.2, 0.25) is 0 Å². The maximum atomic E-state index is 9.40. The normalized spacial score (nSPS) is 9.83. The Hall–Kier alpha value is -0.470. The smallest absolute Gasteiger partial charge is 0.123 e. The fourth-order valence-electron chi connectivity index (χ4n) is 0.863. The summed E-state index contributed by atoms with van der Waals surface area (Å²) in [5.41, 5.74) is 1.41. The molecule has 0 amide bonds. The van der Waals surface area contributed by atoms with Gasteiger partial charge in [0.25, 0.3) is 0 Å². The Labute approximate surface area is 84.8 Å². The van der Waals surface area contributed by atoms with E-state index >= 15 is 0 Å². The van der Waals surface area contributed by atoms with Crippen molar-refractivity contribution in [3.63, 3.8) is 0 Å². The monoisotopic (exact) mass is 246 g/mol. The largest absolute Gasteiger partial charge is 0.507 e. The van der Waals surface area contributed by atoms with Gasteiger partial charge < -0.3 is 5.11 Å². The molecule has 0 radical (unpaired) electrons. The summed E-state index contributed by atoms with van der Waals surface area (Å²) in [6.45, 7) is 3.73. The Morgan fingerprint density at radius 2 is 2.25 bits per heavy atom. The van der Waals surface area contributed by atoms with Crippen molar-refractivity contribution in [3.8, 4) is 5.75 Å². The van der Waals surface area contributed by atoms with E-state index in [-0.39, 0.29) is 5.75 Å². The van der Waals surface area contributed by atoms with Crippen molar-refractivity contribution in [2.75, 3.05) is 5.88 Å². The first kappa shape index (κ1) is 9.62.